The zero-order valence-electron chi connectivity index (χ0n) is 16.1. The summed E-state index contributed by atoms with van der Waals surface area (Å²) in [6.07, 6.45) is -1.80. The molecule has 0 spiro atoms. The van der Waals surface area contributed by atoms with Gasteiger partial charge in [0, 0.05) is 6.08 Å². The number of nitrogens with zero attached hydrogens (tertiary/aromatic N) is 3. The number of alkyl halides is 3. The van der Waals surface area contributed by atoms with Gasteiger partial charge in [0.05, 0.1) is 24.9 Å². The maximum absolute atomic E-state index is 13.1. The molecule has 11 heteroatoms. The van der Waals surface area contributed by atoms with Crippen LogP contribution >= 0.6 is 0 Å². The number of hydrogen-bond donors (Lipinski definition) is 1. The molecule has 2 aliphatic heterocycles. The van der Waals surface area contributed by atoms with Gasteiger partial charge in [0.1, 0.15) is 12.0 Å². The first-order chi connectivity index (χ1) is 14.1. The number of nitrogens with one attached hydrogen (secondary N) is 1. The van der Waals surface area contributed by atoms with Crippen molar-refractivity contribution in [2.75, 3.05) is 25.5 Å². The number of para-hydroxylation sites is 1. The summed E-state index contributed by atoms with van der Waals surface area (Å²) < 4.78 is 45.9. The number of urea groups is 1. The highest BCUT2D eigenvalue weighted by atomic mass is 19.4. The second-order valence-electron chi connectivity index (χ2n) is 6.43. The summed E-state index contributed by atoms with van der Waals surface area (Å²) in [6, 6.07) is 3.61. The van der Waals surface area contributed by atoms with Crippen molar-refractivity contribution in [3.63, 3.8) is 0 Å². The number of carbonyl (C=O) groups excluding carboxylic acids is 3. The van der Waals surface area contributed by atoms with Gasteiger partial charge in [0.2, 0.25) is 0 Å². The lowest BCUT2D eigenvalue weighted by Crippen LogP contribution is -2.56. The van der Waals surface area contributed by atoms with E-state index in [9.17, 15) is 27.6 Å². The fourth-order valence-electron chi connectivity index (χ4n) is 3.14. The number of imide groups is 1. The van der Waals surface area contributed by atoms with Gasteiger partial charge < -0.3 is 10.1 Å². The molecular formula is C19H18F3N4O4+. The predicted octanol–water partition coefficient (Wildman–Crippen LogP) is 2.27. The molecule has 0 fully saturated rings. The third kappa shape index (κ3) is 3.95. The van der Waals surface area contributed by atoms with E-state index in [0.29, 0.717) is 4.90 Å². The van der Waals surface area contributed by atoms with E-state index in [4.69, 9.17) is 4.74 Å². The van der Waals surface area contributed by atoms with Gasteiger partial charge in [-0.05, 0) is 19.1 Å². The first kappa shape index (κ1) is 21.2. The van der Waals surface area contributed by atoms with Crippen molar-refractivity contribution in [2.45, 2.75) is 13.1 Å². The Labute approximate surface area is 169 Å². The fourth-order valence-corrected chi connectivity index (χ4v) is 3.14. The van der Waals surface area contributed by atoms with Crippen LogP contribution in [0.2, 0.25) is 0 Å². The lowest BCUT2D eigenvalue weighted by molar-refractivity contribution is -0.408. The Bertz CT molecular complexity index is 998. The topological polar surface area (TPSA) is 91.1 Å². The summed E-state index contributed by atoms with van der Waals surface area (Å²) in [5.41, 5.74) is -1.50. The van der Waals surface area contributed by atoms with E-state index in [1.165, 1.54) is 31.5 Å². The molecule has 2 aliphatic rings. The number of aliphatic imine (C=N–C) groups is 1. The summed E-state index contributed by atoms with van der Waals surface area (Å²) in [5, 5.41) is 2.12. The van der Waals surface area contributed by atoms with Crippen LogP contribution in [0.1, 0.15) is 12.5 Å². The van der Waals surface area contributed by atoms with E-state index < -0.39 is 47.7 Å². The van der Waals surface area contributed by atoms with Crippen molar-refractivity contribution in [1.29, 1.82) is 0 Å². The summed E-state index contributed by atoms with van der Waals surface area (Å²) in [5.74, 6) is -2.31. The van der Waals surface area contributed by atoms with Crippen molar-refractivity contribution < 1.29 is 36.9 Å². The molecule has 3 rings (SSSR count). The Hall–Kier alpha value is -3.50. The predicted molar refractivity (Wildman–Crippen MR) is 100 cm³/mol. The second-order valence-corrected chi connectivity index (χ2v) is 6.43. The zero-order chi connectivity index (χ0) is 22.1. The molecule has 0 saturated carbocycles. The van der Waals surface area contributed by atoms with Gasteiger partial charge >= 0.3 is 18.1 Å². The van der Waals surface area contributed by atoms with Crippen LogP contribution in [0.4, 0.5) is 23.7 Å². The highest BCUT2D eigenvalue weighted by molar-refractivity contribution is 6.16. The average Bonchev–Trinajstić information content (AvgIpc) is 2.69. The van der Waals surface area contributed by atoms with Crippen molar-refractivity contribution >= 4 is 35.6 Å². The third-order valence-corrected chi connectivity index (χ3v) is 4.48. The van der Waals surface area contributed by atoms with Crippen LogP contribution in [0.15, 0.2) is 41.1 Å². The molecule has 0 bridgehead atoms. The lowest BCUT2D eigenvalue weighted by Gasteiger charge is -2.28. The third-order valence-electron chi connectivity index (χ3n) is 4.48. The average molecular weight is 423 g/mol. The van der Waals surface area contributed by atoms with Crippen LogP contribution in [0.5, 0.6) is 0 Å². The first-order valence-corrected chi connectivity index (χ1v) is 8.94. The molecule has 1 aromatic rings. The van der Waals surface area contributed by atoms with Gasteiger partial charge in [0.15, 0.2) is 12.5 Å². The highest BCUT2D eigenvalue weighted by Crippen LogP contribution is 2.34. The van der Waals surface area contributed by atoms with Crippen molar-refractivity contribution in [3.8, 4) is 0 Å². The molecule has 1 N–H and O–H groups in total. The van der Waals surface area contributed by atoms with E-state index in [-0.39, 0.29) is 18.2 Å². The number of halogens is 3. The normalized spacial score (nSPS) is 18.9. The summed E-state index contributed by atoms with van der Waals surface area (Å²) in [6.45, 7) is 1.22. The van der Waals surface area contributed by atoms with Crippen molar-refractivity contribution in [1.82, 2.24) is 4.90 Å². The molecular weight excluding hydrogens is 405 g/mol. The number of hydrogen-bond acceptors (Lipinski definition) is 5. The molecule has 0 radical (unpaired) electrons. The van der Waals surface area contributed by atoms with E-state index in [0.717, 1.165) is 16.7 Å². The van der Waals surface area contributed by atoms with Crippen LogP contribution in [-0.4, -0.2) is 59.6 Å². The molecule has 158 valence electrons. The van der Waals surface area contributed by atoms with Crippen molar-refractivity contribution in [2.24, 2.45) is 10.9 Å². The van der Waals surface area contributed by atoms with Gasteiger partial charge in [-0.15, -0.1) is 4.99 Å². The quantitative estimate of drug-likeness (QED) is 0.736. The number of anilines is 1. The number of fused-ring (bicyclic) bond motifs is 1. The number of ether oxygens (including phenoxy) is 1. The molecule has 0 aliphatic carbocycles. The number of amides is 4. The maximum Gasteiger partial charge on any atom is 0.446 e. The number of dihydropyridines is 1. The molecule has 8 nitrogen and oxygen atoms in total. The molecule has 30 heavy (non-hydrogen) atoms. The van der Waals surface area contributed by atoms with Crippen LogP contribution in [-0.2, 0) is 20.5 Å². The first-order valence-electron chi connectivity index (χ1n) is 8.94. The minimum Gasteiger partial charge on any atom is -0.497 e. The molecule has 0 aromatic heterocycles. The lowest BCUT2D eigenvalue weighted by atomic mass is 9.99. The number of rotatable bonds is 5. The Morgan fingerprint density at radius 3 is 2.67 bits per heavy atom. The molecule has 2 heterocycles. The minimum absolute atomic E-state index is 0.148. The highest BCUT2D eigenvalue weighted by Gasteiger charge is 2.50. The molecule has 1 aromatic carbocycles. The Morgan fingerprint density at radius 2 is 2.00 bits per heavy atom. The van der Waals surface area contributed by atoms with Gasteiger partial charge in [-0.1, -0.05) is 12.1 Å². The van der Waals surface area contributed by atoms with E-state index in [2.05, 4.69) is 10.3 Å². The number of allylic oxidation sites excluding steroid dienone is 1. The zero-order valence-corrected chi connectivity index (χ0v) is 16.1. The smallest absolute Gasteiger partial charge is 0.446 e. The van der Waals surface area contributed by atoms with Gasteiger partial charge in [0.25, 0.3) is 11.7 Å². The van der Waals surface area contributed by atoms with Gasteiger partial charge in [-0.2, -0.15) is 22.6 Å². The molecule has 4 amide bonds. The minimum atomic E-state index is -4.68. The van der Waals surface area contributed by atoms with E-state index in [1.807, 2.05) is 0 Å². The molecule has 1 atom stereocenters. The standard InChI is InChI=1S/C19H17F3N4O4/c1-3-30-13-8-9-23-16-15(13)17(28)26(18(29)25(16)2)10-14(27)24-12-7-5-4-6-11(12)19(20,21)22/h4-9,15H,3,10H2,1-2H3/p+1. The van der Waals surface area contributed by atoms with Crippen LogP contribution in [0.3, 0.4) is 0 Å². The summed E-state index contributed by atoms with van der Waals surface area (Å²) >= 11 is 0. The van der Waals surface area contributed by atoms with Crippen LogP contribution in [0.25, 0.3) is 0 Å². The largest absolute Gasteiger partial charge is 0.497 e. The Morgan fingerprint density at radius 1 is 1.30 bits per heavy atom. The molecule has 1 unspecified atom stereocenters. The second kappa shape index (κ2) is 8.09. The number of carbonyl (C=O) groups is 3. The van der Waals surface area contributed by atoms with Gasteiger partial charge in [-0.3, -0.25) is 9.59 Å². The van der Waals surface area contributed by atoms with Crippen LogP contribution < -0.4 is 5.32 Å². The Balaban J connectivity index is 1.84. The SMILES string of the molecule is CCOC1=CC=NC2=[N+](C)C(=O)N(CC(=O)Nc3ccccc3C(F)(F)F)C(=O)C12. The van der Waals surface area contributed by atoms with Crippen LogP contribution in [0, 0.1) is 5.92 Å². The maximum atomic E-state index is 13.1. The Kier molecular flexibility index (Phi) is 5.72. The number of benzene rings is 1. The monoisotopic (exact) mass is 423 g/mol. The van der Waals surface area contributed by atoms with E-state index in [1.54, 1.807) is 6.92 Å². The van der Waals surface area contributed by atoms with Gasteiger partial charge in [-0.25, -0.2) is 4.79 Å². The summed E-state index contributed by atoms with van der Waals surface area (Å²) in [4.78, 5) is 42.6. The summed E-state index contributed by atoms with van der Waals surface area (Å²) in [7, 11) is 1.38. The molecule has 0 saturated heterocycles. The van der Waals surface area contributed by atoms with E-state index >= 15 is 0 Å². The van der Waals surface area contributed by atoms with Crippen molar-refractivity contribution in [3.05, 3.63) is 41.7 Å². The fraction of sp³-hybridized carbons (Fsp3) is 0.316. The number of amidine groups is 1.